The first-order valence-electron chi connectivity index (χ1n) is 6.70. The fourth-order valence-corrected chi connectivity index (χ4v) is 3.01. The molecule has 108 valence electrons. The second-order valence-electron chi connectivity index (χ2n) is 5.59. The molecule has 1 aromatic carbocycles. The Hall–Kier alpha value is -0.870. The van der Waals surface area contributed by atoms with E-state index in [-0.39, 0.29) is 6.04 Å². The van der Waals surface area contributed by atoms with Crippen molar-refractivity contribution in [3.05, 3.63) is 35.9 Å². The van der Waals surface area contributed by atoms with Crippen LogP contribution in [0.15, 0.2) is 30.3 Å². The van der Waals surface area contributed by atoms with Crippen molar-refractivity contribution in [2.24, 2.45) is 0 Å². The molecule has 0 amide bonds. The van der Waals surface area contributed by atoms with Crippen molar-refractivity contribution >= 4 is 9.84 Å². The summed E-state index contributed by atoms with van der Waals surface area (Å²) in [6.45, 7) is 3.60. The van der Waals surface area contributed by atoms with Gasteiger partial charge in [0, 0.05) is 12.3 Å². The average Bonchev–Trinajstić information content (AvgIpc) is 2.34. The van der Waals surface area contributed by atoms with Crippen molar-refractivity contribution in [2.75, 3.05) is 13.3 Å². The van der Waals surface area contributed by atoms with Gasteiger partial charge in [-0.3, -0.25) is 0 Å². The summed E-state index contributed by atoms with van der Waals surface area (Å²) in [6.07, 6.45) is 4.13. The van der Waals surface area contributed by atoms with Crippen LogP contribution in [0, 0.1) is 0 Å². The molecule has 19 heavy (non-hydrogen) atoms. The second-order valence-corrected chi connectivity index (χ2v) is 8.19. The van der Waals surface area contributed by atoms with E-state index in [0.29, 0.717) is 0 Å². The Balaban J connectivity index is 2.59. The average molecular weight is 283 g/mol. The first-order valence-corrected chi connectivity index (χ1v) is 8.59. The summed E-state index contributed by atoms with van der Waals surface area (Å²) in [7, 11) is -1.24. The number of benzene rings is 1. The lowest BCUT2D eigenvalue weighted by molar-refractivity contribution is 0.403. The zero-order valence-corrected chi connectivity index (χ0v) is 13.1. The molecule has 1 N–H and O–H groups in total. The van der Waals surface area contributed by atoms with Crippen LogP contribution in [0.3, 0.4) is 0 Å². The van der Waals surface area contributed by atoms with E-state index in [4.69, 9.17) is 0 Å². The van der Waals surface area contributed by atoms with Gasteiger partial charge in [-0.15, -0.1) is 0 Å². The van der Waals surface area contributed by atoms with Crippen LogP contribution in [-0.4, -0.2) is 32.5 Å². The van der Waals surface area contributed by atoms with Crippen LogP contribution in [0.25, 0.3) is 0 Å². The largest absolute Gasteiger partial charge is 0.315 e. The molecule has 1 unspecified atom stereocenters. The van der Waals surface area contributed by atoms with E-state index in [9.17, 15) is 8.42 Å². The quantitative estimate of drug-likeness (QED) is 0.836. The van der Waals surface area contributed by atoms with E-state index < -0.39 is 14.6 Å². The first-order chi connectivity index (χ1) is 8.79. The third-order valence-corrected chi connectivity index (χ3v) is 6.14. The predicted octanol–water partition coefficient (Wildman–Crippen LogP) is 2.42. The molecule has 0 aromatic heterocycles. The molecule has 1 atom stereocenters. The van der Waals surface area contributed by atoms with E-state index >= 15 is 0 Å². The van der Waals surface area contributed by atoms with Gasteiger partial charge in [0.15, 0.2) is 9.84 Å². The molecule has 0 spiro atoms. The van der Waals surface area contributed by atoms with Gasteiger partial charge in [0.1, 0.15) is 0 Å². The van der Waals surface area contributed by atoms with E-state index in [1.165, 1.54) is 11.8 Å². The Morgan fingerprint density at radius 3 is 2.26 bits per heavy atom. The maximum absolute atomic E-state index is 11.8. The highest BCUT2D eigenvalue weighted by Gasteiger charge is 2.37. The van der Waals surface area contributed by atoms with Crippen LogP contribution in [0.2, 0.25) is 0 Å². The minimum Gasteiger partial charge on any atom is -0.315 e. The highest BCUT2D eigenvalue weighted by Crippen LogP contribution is 2.23. The zero-order valence-electron chi connectivity index (χ0n) is 12.3. The SMILES string of the molecule is CNC(CCCc1ccccc1)C(C)(C)S(C)(=O)=O. The standard InChI is InChI=1S/C15H25NO2S/c1-15(2,19(4,17)18)14(16-3)12-8-11-13-9-6-5-7-10-13/h5-7,9-10,14,16H,8,11-12H2,1-4H3. The van der Waals surface area contributed by atoms with Crippen molar-refractivity contribution in [3.63, 3.8) is 0 Å². The van der Waals surface area contributed by atoms with Crippen LogP contribution < -0.4 is 5.32 Å². The lowest BCUT2D eigenvalue weighted by Gasteiger charge is -2.32. The van der Waals surface area contributed by atoms with E-state index in [0.717, 1.165) is 19.3 Å². The minimum atomic E-state index is -3.07. The summed E-state index contributed by atoms with van der Waals surface area (Å²) in [5.74, 6) is 0. The smallest absolute Gasteiger partial charge is 0.154 e. The number of nitrogens with one attached hydrogen (secondary N) is 1. The topological polar surface area (TPSA) is 46.2 Å². The van der Waals surface area contributed by atoms with E-state index in [2.05, 4.69) is 17.4 Å². The van der Waals surface area contributed by atoms with Crippen LogP contribution in [0.1, 0.15) is 32.3 Å². The summed E-state index contributed by atoms with van der Waals surface area (Å²) in [5.41, 5.74) is 1.30. The third-order valence-electron chi connectivity index (χ3n) is 3.94. The van der Waals surface area contributed by atoms with Crippen molar-refractivity contribution < 1.29 is 8.42 Å². The lowest BCUT2D eigenvalue weighted by atomic mass is 9.96. The van der Waals surface area contributed by atoms with Gasteiger partial charge in [-0.05, 0) is 45.7 Å². The number of aryl methyl sites for hydroxylation is 1. The Morgan fingerprint density at radius 2 is 1.79 bits per heavy atom. The van der Waals surface area contributed by atoms with Gasteiger partial charge < -0.3 is 5.32 Å². The van der Waals surface area contributed by atoms with Gasteiger partial charge in [0.25, 0.3) is 0 Å². The molecule has 0 aliphatic rings. The fourth-order valence-electron chi connectivity index (χ4n) is 2.25. The second kappa shape index (κ2) is 6.53. The van der Waals surface area contributed by atoms with Crippen molar-refractivity contribution in [3.8, 4) is 0 Å². The molecule has 0 saturated carbocycles. The summed E-state index contributed by atoms with van der Waals surface area (Å²) in [5, 5.41) is 3.16. The highest BCUT2D eigenvalue weighted by atomic mass is 32.2. The van der Waals surface area contributed by atoms with Crippen LogP contribution in [0.4, 0.5) is 0 Å². The first kappa shape index (κ1) is 16.2. The maximum atomic E-state index is 11.8. The zero-order chi connectivity index (χ0) is 14.5. The monoisotopic (exact) mass is 283 g/mol. The Kier molecular flexibility index (Phi) is 5.56. The normalized spacial score (nSPS) is 14.3. The minimum absolute atomic E-state index is 0.0220. The maximum Gasteiger partial charge on any atom is 0.154 e. The van der Waals surface area contributed by atoms with E-state index in [1.54, 1.807) is 13.8 Å². The summed E-state index contributed by atoms with van der Waals surface area (Å²) in [4.78, 5) is 0. The molecule has 0 radical (unpaired) electrons. The van der Waals surface area contributed by atoms with Crippen LogP contribution >= 0.6 is 0 Å². The molecule has 1 rings (SSSR count). The van der Waals surface area contributed by atoms with Crippen molar-refractivity contribution in [1.82, 2.24) is 5.32 Å². The molecule has 0 aliphatic carbocycles. The predicted molar refractivity (Wildman–Crippen MR) is 81.2 cm³/mol. The molecular weight excluding hydrogens is 258 g/mol. The van der Waals surface area contributed by atoms with Gasteiger partial charge in [-0.1, -0.05) is 30.3 Å². The van der Waals surface area contributed by atoms with Crippen molar-refractivity contribution in [2.45, 2.75) is 43.9 Å². The van der Waals surface area contributed by atoms with Gasteiger partial charge in [-0.25, -0.2) is 8.42 Å². The number of sulfone groups is 1. The highest BCUT2D eigenvalue weighted by molar-refractivity contribution is 7.92. The molecule has 0 aliphatic heterocycles. The van der Waals surface area contributed by atoms with E-state index in [1.807, 2.05) is 25.2 Å². The Bertz CT molecular complexity index is 480. The van der Waals surface area contributed by atoms with Crippen LogP contribution in [0.5, 0.6) is 0 Å². The number of rotatable bonds is 7. The van der Waals surface area contributed by atoms with Crippen molar-refractivity contribution in [1.29, 1.82) is 0 Å². The summed E-state index contributed by atoms with van der Waals surface area (Å²) in [6, 6.07) is 10.3. The lowest BCUT2D eigenvalue weighted by Crippen LogP contribution is -2.50. The fraction of sp³-hybridized carbons (Fsp3) is 0.600. The third kappa shape index (κ3) is 4.32. The van der Waals surface area contributed by atoms with Gasteiger partial charge in [0.2, 0.25) is 0 Å². The molecule has 0 heterocycles. The van der Waals surface area contributed by atoms with Gasteiger partial charge in [0.05, 0.1) is 4.75 Å². The molecule has 0 bridgehead atoms. The molecule has 3 nitrogen and oxygen atoms in total. The Morgan fingerprint density at radius 1 is 1.21 bits per heavy atom. The van der Waals surface area contributed by atoms with Gasteiger partial charge >= 0.3 is 0 Å². The molecule has 0 saturated heterocycles. The molecule has 1 aromatic rings. The summed E-state index contributed by atoms with van der Waals surface area (Å²) < 4.78 is 23.0. The Labute approximate surface area is 117 Å². The number of hydrogen-bond acceptors (Lipinski definition) is 3. The molecule has 0 fully saturated rings. The molecule has 4 heteroatoms. The van der Waals surface area contributed by atoms with Gasteiger partial charge in [-0.2, -0.15) is 0 Å². The van der Waals surface area contributed by atoms with Crippen LogP contribution in [-0.2, 0) is 16.3 Å². The molecular formula is C15H25NO2S. The number of hydrogen-bond donors (Lipinski definition) is 1. The summed E-state index contributed by atoms with van der Waals surface area (Å²) >= 11 is 0.